The van der Waals surface area contributed by atoms with Crippen molar-refractivity contribution in [2.24, 2.45) is 7.05 Å². The summed E-state index contributed by atoms with van der Waals surface area (Å²) in [6, 6.07) is 7.60. The van der Waals surface area contributed by atoms with Gasteiger partial charge in [0.2, 0.25) is 5.91 Å². The van der Waals surface area contributed by atoms with Crippen LogP contribution < -0.4 is 10.2 Å². The van der Waals surface area contributed by atoms with Crippen LogP contribution in [0.15, 0.2) is 30.5 Å². The molecule has 3 rings (SSSR count). The van der Waals surface area contributed by atoms with Crippen molar-refractivity contribution in [2.75, 3.05) is 4.90 Å². The van der Waals surface area contributed by atoms with E-state index in [1.807, 2.05) is 59.0 Å². The van der Waals surface area contributed by atoms with Crippen LogP contribution >= 0.6 is 0 Å². The Labute approximate surface area is 165 Å². The fraction of sp³-hybridized carbons (Fsp3) is 0.476. The molecule has 7 nitrogen and oxygen atoms in total. The lowest BCUT2D eigenvalue weighted by atomic mass is 9.90. The second-order valence-electron chi connectivity index (χ2n) is 8.29. The number of benzene rings is 1. The Bertz CT molecular complexity index is 897. The van der Waals surface area contributed by atoms with Gasteiger partial charge in [0.25, 0.3) is 0 Å². The first-order valence-electron chi connectivity index (χ1n) is 9.48. The molecule has 1 unspecified atom stereocenters. The van der Waals surface area contributed by atoms with Crippen molar-refractivity contribution in [3.05, 3.63) is 36.0 Å². The molecule has 1 aromatic carbocycles. The van der Waals surface area contributed by atoms with Crippen molar-refractivity contribution < 1.29 is 14.3 Å². The maximum absolute atomic E-state index is 12.4. The summed E-state index contributed by atoms with van der Waals surface area (Å²) in [6.45, 7) is 9.06. The van der Waals surface area contributed by atoms with Crippen LogP contribution in [-0.2, 0) is 16.6 Å². The van der Waals surface area contributed by atoms with E-state index in [-0.39, 0.29) is 18.0 Å². The van der Waals surface area contributed by atoms with Gasteiger partial charge < -0.3 is 15.0 Å². The zero-order chi connectivity index (χ0) is 20.6. The highest BCUT2D eigenvalue weighted by Gasteiger charge is 2.34. The summed E-state index contributed by atoms with van der Waals surface area (Å²) >= 11 is 0. The number of nitrogens with one attached hydrogen (secondary N) is 1. The first-order chi connectivity index (χ1) is 13.1. The van der Waals surface area contributed by atoms with Crippen molar-refractivity contribution in [2.45, 2.75) is 58.7 Å². The average molecular weight is 384 g/mol. The van der Waals surface area contributed by atoms with Gasteiger partial charge in [-0.25, -0.2) is 4.79 Å². The highest BCUT2D eigenvalue weighted by atomic mass is 16.6. The lowest BCUT2D eigenvalue weighted by Crippen LogP contribution is -2.46. The summed E-state index contributed by atoms with van der Waals surface area (Å²) in [6.07, 6.45) is 1.90. The Balaban J connectivity index is 2.01. The van der Waals surface area contributed by atoms with E-state index >= 15 is 0 Å². The quantitative estimate of drug-likeness (QED) is 0.854. The van der Waals surface area contributed by atoms with Crippen molar-refractivity contribution in [1.82, 2.24) is 15.1 Å². The second kappa shape index (κ2) is 7.30. The number of anilines is 1. The highest BCUT2D eigenvalue weighted by molar-refractivity contribution is 5.94. The van der Waals surface area contributed by atoms with Crippen LogP contribution in [-0.4, -0.2) is 33.4 Å². The topological polar surface area (TPSA) is 76.5 Å². The minimum atomic E-state index is -0.574. The van der Waals surface area contributed by atoms with Gasteiger partial charge in [-0.15, -0.1) is 0 Å². The van der Waals surface area contributed by atoms with E-state index in [1.54, 1.807) is 22.7 Å². The van der Waals surface area contributed by atoms with Crippen molar-refractivity contribution in [3.8, 4) is 11.3 Å². The standard InChI is InChI=1S/C21H28N4O3/c1-13-11-17(23-20(27)28-21(3,4)5)16-12-15(18-9-10-22-24(18)6)7-8-19(16)25(13)14(2)26/h7-10,12-13,17H,11H2,1-6H3,(H,23,27)/t13-,17?/m0/s1. The number of alkyl carbamates (subject to hydrolysis) is 1. The van der Waals surface area contributed by atoms with Gasteiger partial charge in [0.05, 0.1) is 11.7 Å². The average Bonchev–Trinajstić information content (AvgIpc) is 2.98. The molecule has 1 N–H and O–H groups in total. The Hall–Kier alpha value is -2.83. The fourth-order valence-corrected chi connectivity index (χ4v) is 3.75. The molecule has 0 saturated heterocycles. The number of nitrogens with zero attached hydrogens (tertiary/aromatic N) is 3. The Morgan fingerprint density at radius 2 is 1.96 bits per heavy atom. The summed E-state index contributed by atoms with van der Waals surface area (Å²) in [5.74, 6) is -0.0160. The van der Waals surface area contributed by atoms with E-state index in [0.717, 1.165) is 22.5 Å². The number of aromatic nitrogens is 2. The molecule has 28 heavy (non-hydrogen) atoms. The van der Waals surface area contributed by atoms with Gasteiger partial charge >= 0.3 is 6.09 Å². The fourth-order valence-electron chi connectivity index (χ4n) is 3.75. The molecule has 150 valence electrons. The highest BCUT2D eigenvalue weighted by Crippen LogP contribution is 2.39. The molecular formula is C21H28N4O3. The molecule has 0 saturated carbocycles. The van der Waals surface area contributed by atoms with Crippen LogP contribution in [0, 0.1) is 0 Å². The number of carbonyl (C=O) groups excluding carboxylic acids is 2. The molecule has 2 aromatic rings. The third-order valence-electron chi connectivity index (χ3n) is 4.83. The Kier molecular flexibility index (Phi) is 5.19. The molecule has 0 bridgehead atoms. The number of ether oxygens (including phenoxy) is 1. The first-order valence-corrected chi connectivity index (χ1v) is 9.48. The summed E-state index contributed by atoms with van der Waals surface area (Å²) in [4.78, 5) is 26.4. The number of fused-ring (bicyclic) bond motifs is 1. The number of rotatable bonds is 2. The smallest absolute Gasteiger partial charge is 0.408 e. The number of amides is 2. The molecule has 2 heterocycles. The normalized spacial score (nSPS) is 19.1. The van der Waals surface area contributed by atoms with E-state index in [1.165, 1.54) is 0 Å². The Morgan fingerprint density at radius 1 is 1.25 bits per heavy atom. The van der Waals surface area contributed by atoms with E-state index in [4.69, 9.17) is 4.74 Å². The largest absolute Gasteiger partial charge is 0.444 e. The summed E-state index contributed by atoms with van der Waals surface area (Å²) < 4.78 is 7.24. The molecule has 0 radical (unpaired) electrons. The molecule has 0 spiro atoms. The van der Waals surface area contributed by atoms with E-state index in [9.17, 15) is 9.59 Å². The number of aryl methyl sites for hydroxylation is 1. The predicted molar refractivity (Wildman–Crippen MR) is 108 cm³/mol. The van der Waals surface area contributed by atoms with Crippen LogP contribution in [0.3, 0.4) is 0 Å². The summed E-state index contributed by atoms with van der Waals surface area (Å²) in [7, 11) is 1.88. The number of carbonyl (C=O) groups is 2. The van der Waals surface area contributed by atoms with Crippen LogP contribution in [0.1, 0.15) is 52.6 Å². The third kappa shape index (κ3) is 4.03. The van der Waals surface area contributed by atoms with Gasteiger partial charge in [0.1, 0.15) is 5.60 Å². The first kappa shape index (κ1) is 19.9. The number of hydrogen-bond acceptors (Lipinski definition) is 4. The SMILES string of the molecule is CC(=O)N1c2ccc(-c3ccnn3C)cc2C(NC(=O)OC(C)(C)C)C[C@@H]1C. The van der Waals surface area contributed by atoms with Crippen molar-refractivity contribution in [3.63, 3.8) is 0 Å². The molecule has 2 atom stereocenters. The van der Waals surface area contributed by atoms with Crippen molar-refractivity contribution in [1.29, 1.82) is 0 Å². The molecule has 2 amide bonds. The third-order valence-corrected chi connectivity index (χ3v) is 4.83. The van der Waals surface area contributed by atoms with Gasteiger partial charge in [-0.2, -0.15) is 5.10 Å². The van der Waals surface area contributed by atoms with Crippen molar-refractivity contribution >= 4 is 17.7 Å². The molecular weight excluding hydrogens is 356 g/mol. The van der Waals surface area contributed by atoms with Gasteiger partial charge in [0, 0.05) is 37.5 Å². The van der Waals surface area contributed by atoms with Crippen LogP contribution in [0.25, 0.3) is 11.3 Å². The van der Waals surface area contributed by atoms with Crippen LogP contribution in [0.2, 0.25) is 0 Å². The minimum absolute atomic E-state index is 0.0160. The van der Waals surface area contributed by atoms with Gasteiger partial charge in [-0.1, -0.05) is 6.07 Å². The molecule has 0 aliphatic carbocycles. The molecule has 1 aromatic heterocycles. The van der Waals surface area contributed by atoms with E-state index in [0.29, 0.717) is 6.42 Å². The monoisotopic (exact) mass is 384 g/mol. The molecule has 1 aliphatic rings. The lowest BCUT2D eigenvalue weighted by molar-refractivity contribution is -0.117. The minimum Gasteiger partial charge on any atom is -0.444 e. The Morgan fingerprint density at radius 3 is 2.54 bits per heavy atom. The zero-order valence-corrected chi connectivity index (χ0v) is 17.3. The van der Waals surface area contributed by atoms with Crippen LogP contribution in [0.4, 0.5) is 10.5 Å². The predicted octanol–water partition coefficient (Wildman–Crippen LogP) is 3.80. The van der Waals surface area contributed by atoms with Gasteiger partial charge in [0.15, 0.2) is 0 Å². The summed E-state index contributed by atoms with van der Waals surface area (Å²) in [5.41, 5.74) is 3.09. The molecule has 7 heteroatoms. The van der Waals surface area contributed by atoms with Crippen LogP contribution in [0.5, 0.6) is 0 Å². The number of hydrogen-bond donors (Lipinski definition) is 1. The van der Waals surface area contributed by atoms with Gasteiger partial charge in [-0.05, 0) is 57.9 Å². The molecule has 1 aliphatic heterocycles. The maximum atomic E-state index is 12.4. The zero-order valence-electron chi connectivity index (χ0n) is 17.3. The summed E-state index contributed by atoms with van der Waals surface area (Å²) in [5, 5.41) is 7.22. The van der Waals surface area contributed by atoms with E-state index in [2.05, 4.69) is 10.4 Å². The van der Waals surface area contributed by atoms with E-state index < -0.39 is 11.7 Å². The molecule has 0 fully saturated rings. The second-order valence-corrected chi connectivity index (χ2v) is 8.29. The maximum Gasteiger partial charge on any atom is 0.408 e. The van der Waals surface area contributed by atoms with Gasteiger partial charge in [-0.3, -0.25) is 9.48 Å². The lowest BCUT2D eigenvalue weighted by Gasteiger charge is -2.39.